The van der Waals surface area contributed by atoms with Gasteiger partial charge < -0.3 is 41.2 Å². The molecule has 1 saturated carbocycles. The van der Waals surface area contributed by atoms with Gasteiger partial charge in [-0.25, -0.2) is 19.7 Å². The second-order valence-corrected chi connectivity index (χ2v) is 11.9. The molecule has 3 amide bonds. The Kier molecular flexibility index (Phi) is 10.4. The summed E-state index contributed by atoms with van der Waals surface area (Å²) in [5, 5.41) is 47.5. The number of amides is 3. The van der Waals surface area contributed by atoms with Gasteiger partial charge in [-0.15, -0.1) is 0 Å². The van der Waals surface area contributed by atoms with Crippen molar-refractivity contribution in [2.24, 2.45) is 0 Å². The van der Waals surface area contributed by atoms with Crippen molar-refractivity contribution in [3.05, 3.63) is 102 Å². The third-order valence-corrected chi connectivity index (χ3v) is 8.69. The van der Waals surface area contributed by atoms with Crippen molar-refractivity contribution in [2.75, 3.05) is 31.5 Å². The fourth-order valence-corrected chi connectivity index (χ4v) is 6.20. The molecule has 15 heteroatoms. The van der Waals surface area contributed by atoms with Gasteiger partial charge in [0.2, 0.25) is 5.82 Å². The minimum Gasteiger partial charge on any atom is -0.392 e. The second kappa shape index (κ2) is 15.2. The van der Waals surface area contributed by atoms with Crippen molar-refractivity contribution in [3.8, 4) is 0 Å². The number of hydrogen-bond donors (Lipinski definition) is 7. The van der Waals surface area contributed by atoms with E-state index >= 15 is 0 Å². The maximum atomic E-state index is 13.4. The van der Waals surface area contributed by atoms with Crippen molar-refractivity contribution in [2.45, 2.75) is 50.2 Å². The van der Waals surface area contributed by atoms with Crippen LogP contribution in [0.15, 0.2) is 79.4 Å². The zero-order valence-corrected chi connectivity index (χ0v) is 27.0. The van der Waals surface area contributed by atoms with E-state index in [2.05, 4.69) is 65.6 Å². The maximum absolute atomic E-state index is 13.4. The first-order chi connectivity index (χ1) is 23.9. The fourth-order valence-electron chi connectivity index (χ4n) is 6.20. The van der Waals surface area contributed by atoms with E-state index in [-0.39, 0.29) is 43.9 Å². The molecule has 4 atom stereocenters. The number of urea groups is 1. The molecule has 3 aromatic heterocycles. The molecule has 15 nitrogen and oxygen atoms in total. The number of anilines is 1. The summed E-state index contributed by atoms with van der Waals surface area (Å²) >= 11 is 0. The third kappa shape index (κ3) is 7.38. The first-order valence-electron chi connectivity index (χ1n) is 16.3. The number of rotatable bonds is 13. The number of hydrogen-bond acceptors (Lipinski definition) is 10. The topological polar surface area (TPSA) is 204 Å². The predicted molar refractivity (Wildman–Crippen MR) is 181 cm³/mol. The molecule has 49 heavy (non-hydrogen) atoms. The van der Waals surface area contributed by atoms with Gasteiger partial charge in [-0.05, 0) is 24.5 Å². The summed E-state index contributed by atoms with van der Waals surface area (Å²) in [6, 6.07) is 18.5. The van der Waals surface area contributed by atoms with E-state index < -0.39 is 30.2 Å². The van der Waals surface area contributed by atoms with Gasteiger partial charge in [0.1, 0.15) is 17.7 Å². The Labute approximate surface area is 282 Å². The minimum atomic E-state index is -1.20. The van der Waals surface area contributed by atoms with E-state index in [4.69, 9.17) is 0 Å². The van der Waals surface area contributed by atoms with Crippen LogP contribution >= 0.6 is 0 Å². The van der Waals surface area contributed by atoms with Crippen molar-refractivity contribution in [3.63, 3.8) is 0 Å². The van der Waals surface area contributed by atoms with Crippen molar-refractivity contribution in [1.29, 1.82) is 0 Å². The average molecular weight is 669 g/mol. The number of aromatic nitrogens is 6. The third-order valence-electron chi connectivity index (χ3n) is 8.69. The van der Waals surface area contributed by atoms with E-state index in [1.54, 1.807) is 15.4 Å². The summed E-state index contributed by atoms with van der Waals surface area (Å²) in [6.07, 6.45) is 2.60. The molecule has 0 unspecified atom stereocenters. The summed E-state index contributed by atoms with van der Waals surface area (Å²) in [5.74, 6) is -0.418. The number of aliphatic hydroxyl groups excluding tert-OH is 3. The lowest BCUT2D eigenvalue weighted by Gasteiger charge is -2.20. The highest BCUT2D eigenvalue weighted by Gasteiger charge is 2.44. The quantitative estimate of drug-likeness (QED) is 0.0905. The number of imidazole rings is 1. The van der Waals surface area contributed by atoms with Crippen LogP contribution in [0.3, 0.4) is 0 Å². The largest absolute Gasteiger partial charge is 0.392 e. The molecule has 5 aromatic rings. The Morgan fingerprint density at radius 2 is 1.59 bits per heavy atom. The van der Waals surface area contributed by atoms with Crippen molar-refractivity contribution in [1.82, 2.24) is 45.2 Å². The van der Waals surface area contributed by atoms with E-state index in [0.29, 0.717) is 35.6 Å². The normalized spacial score (nSPS) is 18.9. The van der Waals surface area contributed by atoms with Crippen LogP contribution in [0.5, 0.6) is 0 Å². The van der Waals surface area contributed by atoms with Crippen LogP contribution in [-0.2, 0) is 6.61 Å². The van der Waals surface area contributed by atoms with Crippen LogP contribution in [0, 0.1) is 0 Å². The Balaban J connectivity index is 1.32. The number of nitrogens with zero attached hydrogens (tertiary/aromatic N) is 6. The first-order valence-corrected chi connectivity index (χ1v) is 16.3. The van der Waals surface area contributed by atoms with Gasteiger partial charge >= 0.3 is 6.03 Å². The molecule has 2 aromatic carbocycles. The maximum Gasteiger partial charge on any atom is 0.314 e. The van der Waals surface area contributed by atoms with E-state index in [0.717, 1.165) is 11.1 Å². The minimum absolute atomic E-state index is 0.0578. The summed E-state index contributed by atoms with van der Waals surface area (Å²) < 4.78 is 3.20. The zero-order chi connectivity index (χ0) is 34.3. The van der Waals surface area contributed by atoms with Crippen LogP contribution in [0.4, 0.5) is 10.6 Å². The highest BCUT2D eigenvalue weighted by atomic mass is 16.3. The molecule has 1 fully saturated rings. The van der Waals surface area contributed by atoms with E-state index in [1.807, 2.05) is 43.3 Å². The second-order valence-electron chi connectivity index (χ2n) is 11.9. The highest BCUT2D eigenvalue weighted by Crippen LogP contribution is 2.40. The molecule has 0 aliphatic heterocycles. The fraction of sp³-hybridized carbons (Fsp3) is 0.353. The Bertz CT molecular complexity index is 1830. The SMILES string of the molecule is CCNC(=O)NCCNC(=O)c1nc(NCC(c2ccccc2)c2ccccc2)c2ncn([C@@H]3C[C@H](n4cc(CO)cn4)[C@@H](O)[C@H]3O)c2n1. The molecule has 7 N–H and O–H groups in total. The number of fused-ring (bicyclic) bond motifs is 1. The molecule has 1 aliphatic rings. The molecule has 256 valence electrons. The summed E-state index contributed by atoms with van der Waals surface area (Å²) in [4.78, 5) is 38.9. The van der Waals surface area contributed by atoms with Crippen LogP contribution in [-0.4, -0.2) is 94.9 Å². The Morgan fingerprint density at radius 1 is 0.918 bits per heavy atom. The van der Waals surface area contributed by atoms with E-state index in [9.17, 15) is 24.9 Å². The van der Waals surface area contributed by atoms with Crippen LogP contribution in [0.1, 0.15) is 58.7 Å². The molecule has 0 saturated heterocycles. The lowest BCUT2D eigenvalue weighted by atomic mass is 9.91. The highest BCUT2D eigenvalue weighted by molar-refractivity contribution is 5.94. The van der Waals surface area contributed by atoms with Crippen molar-refractivity contribution < 1.29 is 24.9 Å². The summed E-state index contributed by atoms with van der Waals surface area (Å²) in [6.45, 7) is 2.84. The van der Waals surface area contributed by atoms with Gasteiger partial charge in [-0.1, -0.05) is 60.7 Å². The molecular formula is C34H40N10O5. The number of benzene rings is 2. The molecule has 0 radical (unpaired) electrons. The van der Waals surface area contributed by atoms with Crippen LogP contribution < -0.4 is 21.3 Å². The lowest BCUT2D eigenvalue weighted by molar-refractivity contribution is 0.00720. The number of aliphatic hydroxyl groups is 3. The average Bonchev–Trinajstić information content (AvgIpc) is 3.85. The van der Waals surface area contributed by atoms with Crippen molar-refractivity contribution >= 4 is 28.9 Å². The monoisotopic (exact) mass is 668 g/mol. The van der Waals surface area contributed by atoms with Crippen LogP contribution in [0.25, 0.3) is 11.2 Å². The zero-order valence-electron chi connectivity index (χ0n) is 27.0. The molecule has 0 bridgehead atoms. The smallest absolute Gasteiger partial charge is 0.314 e. The van der Waals surface area contributed by atoms with Gasteiger partial charge in [-0.3, -0.25) is 9.48 Å². The van der Waals surface area contributed by atoms with Gasteiger partial charge in [0.25, 0.3) is 5.91 Å². The summed E-state index contributed by atoms with van der Waals surface area (Å²) in [7, 11) is 0. The van der Waals surface area contributed by atoms with E-state index in [1.165, 1.54) is 12.5 Å². The first kappa shape index (κ1) is 33.5. The standard InChI is InChI=1S/C34H40N10O5/c1-2-35-34(49)37-14-13-36-33(48)31-41-30(38-17-24(22-9-5-3-6-10-22)23-11-7-4-8-12-23)27-32(42-31)43(20-39-27)25-15-26(29(47)28(25)46)44-18-21(19-45)16-40-44/h3-12,16,18,20,24-26,28-29,45-47H,2,13-15,17,19H2,1H3,(H,36,48)(H2,35,37,49)(H,38,41,42)/t25-,26+,28+,29-/m1/s1. The molecule has 3 heterocycles. The lowest BCUT2D eigenvalue weighted by Crippen LogP contribution is -2.40. The van der Waals surface area contributed by atoms with Crippen LogP contribution in [0.2, 0.25) is 0 Å². The molecule has 6 rings (SSSR count). The number of nitrogens with one attached hydrogen (secondary N) is 4. The number of carbonyl (C=O) groups excluding carboxylic acids is 2. The molecule has 0 spiro atoms. The number of carbonyl (C=O) groups is 2. The van der Waals surface area contributed by atoms with Gasteiger partial charge in [0.15, 0.2) is 11.5 Å². The predicted octanol–water partition coefficient (Wildman–Crippen LogP) is 1.72. The Hall–Kier alpha value is -5.38. The van der Waals surface area contributed by atoms with Gasteiger partial charge in [0, 0.05) is 43.9 Å². The molecular weight excluding hydrogens is 628 g/mol. The van der Waals surface area contributed by atoms with Gasteiger partial charge in [0.05, 0.1) is 31.2 Å². The molecule has 1 aliphatic carbocycles. The Morgan fingerprint density at radius 3 is 2.24 bits per heavy atom. The summed E-state index contributed by atoms with van der Waals surface area (Å²) in [5.41, 5.74) is 3.45. The van der Waals surface area contributed by atoms with Gasteiger partial charge in [-0.2, -0.15) is 5.10 Å².